The second kappa shape index (κ2) is 8.43. The smallest absolute Gasteiger partial charge is 0.268 e. The van der Waals surface area contributed by atoms with E-state index in [9.17, 15) is 9.59 Å². The number of rotatable bonds is 4. The third kappa shape index (κ3) is 4.14. The molecule has 0 spiro atoms. The van der Waals surface area contributed by atoms with Gasteiger partial charge in [-0.2, -0.15) is 0 Å². The number of nitrogens with zero attached hydrogens (tertiary/aromatic N) is 3. The van der Waals surface area contributed by atoms with E-state index in [-0.39, 0.29) is 33.9 Å². The first-order valence-electron chi connectivity index (χ1n) is 10.9. The monoisotopic (exact) mass is 435 g/mol. The van der Waals surface area contributed by atoms with Crippen LogP contribution < -0.4 is 11.2 Å². The molecule has 1 aliphatic carbocycles. The van der Waals surface area contributed by atoms with E-state index in [1.807, 2.05) is 0 Å². The molecule has 1 saturated carbocycles. The Morgan fingerprint density at radius 3 is 2.53 bits per heavy atom. The Morgan fingerprint density at radius 1 is 1.19 bits per heavy atom. The highest BCUT2D eigenvalue weighted by Crippen LogP contribution is 2.38. The Bertz CT molecular complexity index is 1220. The number of amides is 1. The molecule has 3 heterocycles. The van der Waals surface area contributed by atoms with Gasteiger partial charge in [0.25, 0.3) is 5.91 Å². The number of pyridine rings is 2. The maximum absolute atomic E-state index is 13.0. The fraction of sp³-hybridized carbons (Fsp3) is 0.458. The van der Waals surface area contributed by atoms with Gasteiger partial charge < -0.3 is 15.5 Å². The highest BCUT2D eigenvalue weighted by atomic mass is 16.5. The Hall–Kier alpha value is -3.13. The van der Waals surface area contributed by atoms with Gasteiger partial charge in [0.15, 0.2) is 5.43 Å². The minimum atomic E-state index is -0.734. The summed E-state index contributed by atoms with van der Waals surface area (Å²) in [5, 5.41) is 0.193. The highest BCUT2D eigenvalue weighted by molar-refractivity contribution is 6.03. The molecule has 1 amide bonds. The van der Waals surface area contributed by atoms with Crippen molar-refractivity contribution >= 4 is 16.8 Å². The quantitative estimate of drug-likeness (QED) is 0.647. The van der Waals surface area contributed by atoms with Gasteiger partial charge in [-0.25, -0.2) is 9.97 Å². The molecule has 8 heteroatoms. The summed E-state index contributed by atoms with van der Waals surface area (Å²) in [6, 6.07) is 3.15. The van der Waals surface area contributed by atoms with Gasteiger partial charge in [-0.15, -0.1) is 0 Å². The van der Waals surface area contributed by atoms with Crippen molar-refractivity contribution < 1.29 is 9.53 Å². The molecule has 0 atom stereocenters. The molecule has 0 saturated heterocycles. The SMILES string of the molecule is CO[C@H]1CC[C@@H](c2nc(C(C)(C)C)ncc2-c2cc(=O)c3c(C(N)=O)nccc3[nH]2)CC1. The maximum Gasteiger partial charge on any atom is 0.268 e. The number of hydrogen-bond acceptors (Lipinski definition) is 6. The lowest BCUT2D eigenvalue weighted by Gasteiger charge is -2.29. The lowest BCUT2D eigenvalue weighted by Crippen LogP contribution is -2.23. The third-order valence-electron chi connectivity index (χ3n) is 6.15. The molecule has 3 N–H and O–H groups in total. The number of hydrogen-bond donors (Lipinski definition) is 2. The van der Waals surface area contributed by atoms with Crippen molar-refractivity contribution in [3.63, 3.8) is 0 Å². The van der Waals surface area contributed by atoms with Gasteiger partial charge in [-0.1, -0.05) is 20.8 Å². The average molecular weight is 436 g/mol. The molecule has 1 fully saturated rings. The Labute approximate surface area is 186 Å². The number of fused-ring (bicyclic) bond motifs is 1. The topological polar surface area (TPSA) is 124 Å². The summed E-state index contributed by atoms with van der Waals surface area (Å²) >= 11 is 0. The third-order valence-corrected chi connectivity index (χ3v) is 6.15. The first-order chi connectivity index (χ1) is 15.2. The standard InChI is InChI=1S/C24H29N5O3/c1-24(2,3)23-27-12-15(20(29-23)13-5-7-14(32-4)8-6-13)17-11-18(30)19-16(28-17)9-10-26-21(19)22(25)31/h9-14H,5-8H2,1-4H3,(H2,25,31)(H,28,30)/t13-,14+. The summed E-state index contributed by atoms with van der Waals surface area (Å²) in [6.45, 7) is 6.26. The number of carbonyl (C=O) groups is 1. The molecular weight excluding hydrogens is 406 g/mol. The largest absolute Gasteiger partial charge is 0.381 e. The summed E-state index contributed by atoms with van der Waals surface area (Å²) in [4.78, 5) is 41.6. The molecular formula is C24H29N5O3. The molecule has 32 heavy (non-hydrogen) atoms. The van der Waals surface area contributed by atoms with Crippen LogP contribution >= 0.6 is 0 Å². The molecule has 0 bridgehead atoms. The molecule has 3 aromatic rings. The summed E-state index contributed by atoms with van der Waals surface area (Å²) < 4.78 is 5.54. The number of aromatic amines is 1. The first kappa shape index (κ1) is 22.1. The maximum atomic E-state index is 13.0. The molecule has 8 nitrogen and oxygen atoms in total. The van der Waals surface area contributed by atoms with Crippen molar-refractivity contribution in [1.29, 1.82) is 0 Å². The van der Waals surface area contributed by atoms with E-state index in [1.54, 1.807) is 19.4 Å². The molecule has 4 rings (SSSR count). The molecule has 168 valence electrons. The van der Waals surface area contributed by atoms with Gasteiger partial charge in [0, 0.05) is 42.5 Å². The fourth-order valence-electron chi connectivity index (χ4n) is 4.38. The van der Waals surface area contributed by atoms with E-state index in [1.165, 1.54) is 12.3 Å². The summed E-state index contributed by atoms with van der Waals surface area (Å²) in [7, 11) is 1.76. The summed E-state index contributed by atoms with van der Waals surface area (Å²) in [5.41, 5.74) is 7.74. The van der Waals surface area contributed by atoms with Crippen LogP contribution in [-0.2, 0) is 10.2 Å². The second-order valence-electron chi connectivity index (χ2n) is 9.45. The number of primary amides is 1. The molecule has 0 radical (unpaired) electrons. The summed E-state index contributed by atoms with van der Waals surface area (Å²) in [5.74, 6) is 0.286. The van der Waals surface area contributed by atoms with Gasteiger partial charge in [0.2, 0.25) is 0 Å². The minimum absolute atomic E-state index is 0.0345. The Balaban J connectivity index is 1.87. The molecule has 3 aromatic heterocycles. The second-order valence-corrected chi connectivity index (χ2v) is 9.45. The number of ether oxygens (including phenoxy) is 1. The fourth-order valence-corrected chi connectivity index (χ4v) is 4.38. The normalized spacial score (nSPS) is 19.2. The number of aromatic nitrogens is 4. The van der Waals surface area contributed by atoms with E-state index >= 15 is 0 Å². The van der Waals surface area contributed by atoms with Gasteiger partial charge >= 0.3 is 0 Å². The van der Waals surface area contributed by atoms with Crippen LogP contribution in [0.4, 0.5) is 0 Å². The van der Waals surface area contributed by atoms with Gasteiger partial charge in [-0.3, -0.25) is 14.6 Å². The minimum Gasteiger partial charge on any atom is -0.381 e. The van der Waals surface area contributed by atoms with Crippen LogP contribution in [0, 0.1) is 0 Å². The number of nitrogens with two attached hydrogens (primary N) is 1. The molecule has 0 unspecified atom stereocenters. The number of H-pyrrole nitrogens is 1. The van der Waals surface area contributed by atoms with E-state index in [4.69, 9.17) is 15.5 Å². The summed E-state index contributed by atoms with van der Waals surface area (Å²) in [6.07, 6.45) is 7.40. The molecule has 0 aromatic carbocycles. The molecule has 0 aliphatic heterocycles. The van der Waals surface area contributed by atoms with Crippen molar-refractivity contribution in [3.05, 3.63) is 52.0 Å². The highest BCUT2D eigenvalue weighted by Gasteiger charge is 2.28. The lowest BCUT2D eigenvalue weighted by molar-refractivity contribution is 0.0655. The van der Waals surface area contributed by atoms with E-state index in [0.717, 1.165) is 42.8 Å². The van der Waals surface area contributed by atoms with Crippen molar-refractivity contribution in [3.8, 4) is 11.3 Å². The van der Waals surface area contributed by atoms with Gasteiger partial charge in [0.05, 0.1) is 28.4 Å². The van der Waals surface area contributed by atoms with Crippen molar-refractivity contribution in [2.45, 2.75) is 63.9 Å². The molecule has 1 aliphatic rings. The number of methoxy groups -OCH3 is 1. The van der Waals surface area contributed by atoms with Crippen molar-refractivity contribution in [2.24, 2.45) is 5.73 Å². The van der Waals surface area contributed by atoms with Crippen molar-refractivity contribution in [1.82, 2.24) is 19.9 Å². The van der Waals surface area contributed by atoms with Crippen LogP contribution in [0.15, 0.2) is 29.3 Å². The van der Waals surface area contributed by atoms with Crippen LogP contribution in [-0.4, -0.2) is 39.1 Å². The van der Waals surface area contributed by atoms with Crippen molar-refractivity contribution in [2.75, 3.05) is 7.11 Å². The van der Waals surface area contributed by atoms with Crippen LogP contribution in [0.25, 0.3) is 22.2 Å². The zero-order chi connectivity index (χ0) is 23.0. The van der Waals surface area contributed by atoms with Crippen LogP contribution in [0.3, 0.4) is 0 Å². The first-order valence-corrected chi connectivity index (χ1v) is 10.9. The number of nitrogens with one attached hydrogen (secondary N) is 1. The average Bonchev–Trinajstić information content (AvgIpc) is 2.77. The zero-order valence-electron chi connectivity index (χ0n) is 18.9. The Morgan fingerprint density at radius 2 is 1.91 bits per heavy atom. The van der Waals surface area contributed by atoms with Crippen LogP contribution in [0.2, 0.25) is 0 Å². The van der Waals surface area contributed by atoms with Gasteiger partial charge in [-0.05, 0) is 31.7 Å². The van der Waals surface area contributed by atoms with Crippen LogP contribution in [0.1, 0.15) is 74.4 Å². The lowest BCUT2D eigenvalue weighted by atomic mass is 9.83. The Kier molecular flexibility index (Phi) is 5.81. The predicted octanol–water partition coefficient (Wildman–Crippen LogP) is 3.45. The predicted molar refractivity (Wildman–Crippen MR) is 123 cm³/mol. The van der Waals surface area contributed by atoms with Crippen LogP contribution in [0.5, 0.6) is 0 Å². The van der Waals surface area contributed by atoms with Gasteiger partial charge in [0.1, 0.15) is 11.5 Å². The van der Waals surface area contributed by atoms with E-state index in [2.05, 4.69) is 35.7 Å². The zero-order valence-corrected chi connectivity index (χ0v) is 18.9. The number of carbonyl (C=O) groups excluding carboxylic acids is 1. The van der Waals surface area contributed by atoms with E-state index in [0.29, 0.717) is 11.2 Å². The van der Waals surface area contributed by atoms with E-state index < -0.39 is 5.91 Å².